The number of amides is 1. The second-order valence-electron chi connectivity index (χ2n) is 4.23. The summed E-state index contributed by atoms with van der Waals surface area (Å²) < 4.78 is 35.6. The van der Waals surface area contributed by atoms with Crippen LogP contribution >= 0.6 is 22.0 Å². The van der Waals surface area contributed by atoms with Crippen LogP contribution in [0, 0.1) is 24.1 Å². The Morgan fingerprint density at radius 1 is 1.41 bits per heavy atom. The van der Waals surface area contributed by atoms with Gasteiger partial charge in [0.15, 0.2) is 0 Å². The van der Waals surface area contributed by atoms with Gasteiger partial charge in [-0.1, -0.05) is 0 Å². The van der Waals surface area contributed by atoms with E-state index in [-0.39, 0.29) is 21.0 Å². The van der Waals surface area contributed by atoms with Crippen LogP contribution in [-0.4, -0.2) is 14.3 Å². The van der Waals surface area contributed by atoms with Crippen molar-refractivity contribution in [2.75, 3.05) is 5.32 Å². The van der Waals surface area contributed by atoms with Crippen molar-refractivity contribution in [2.45, 2.75) is 11.1 Å². The Labute approximate surface area is 134 Å². The first-order valence-electron chi connectivity index (χ1n) is 5.78. The van der Waals surface area contributed by atoms with Crippen LogP contribution in [0.5, 0.6) is 0 Å². The monoisotopic (exact) mass is 358 g/mol. The molecule has 0 atom stereocenters. The van der Waals surface area contributed by atoms with Gasteiger partial charge in [0.25, 0.3) is 15.0 Å². The molecule has 0 fully saturated rings. The van der Waals surface area contributed by atoms with Gasteiger partial charge in [-0.3, -0.25) is 4.79 Å². The fourth-order valence-corrected chi connectivity index (χ4v) is 3.88. The summed E-state index contributed by atoms with van der Waals surface area (Å²) in [6.07, 6.45) is 0. The van der Waals surface area contributed by atoms with Gasteiger partial charge >= 0.3 is 0 Å². The van der Waals surface area contributed by atoms with Crippen molar-refractivity contribution in [3.05, 3.63) is 46.1 Å². The number of carbonyl (C=O) groups excluding carboxylic acids is 1. The molecular formula is C13H8ClFN2O3S2. The number of nitriles is 1. The van der Waals surface area contributed by atoms with Crippen molar-refractivity contribution >= 4 is 42.7 Å². The number of benzene rings is 1. The Morgan fingerprint density at radius 3 is 2.64 bits per heavy atom. The highest BCUT2D eigenvalue weighted by molar-refractivity contribution is 8.15. The molecule has 0 radical (unpaired) electrons. The summed E-state index contributed by atoms with van der Waals surface area (Å²) in [5, 5.41) is 11.2. The first-order valence-corrected chi connectivity index (χ1v) is 8.91. The van der Waals surface area contributed by atoms with Crippen LogP contribution in [-0.2, 0) is 9.05 Å². The fourth-order valence-electron chi connectivity index (χ4n) is 1.69. The van der Waals surface area contributed by atoms with E-state index in [9.17, 15) is 17.6 Å². The van der Waals surface area contributed by atoms with Gasteiger partial charge in [0.1, 0.15) is 16.1 Å². The topological polar surface area (TPSA) is 87.0 Å². The van der Waals surface area contributed by atoms with Gasteiger partial charge in [0.2, 0.25) is 0 Å². The molecule has 5 nitrogen and oxygen atoms in total. The van der Waals surface area contributed by atoms with Gasteiger partial charge in [0, 0.05) is 21.2 Å². The minimum atomic E-state index is -3.91. The summed E-state index contributed by atoms with van der Waals surface area (Å²) in [6.45, 7) is 1.58. The van der Waals surface area contributed by atoms with Crippen molar-refractivity contribution in [1.29, 1.82) is 5.26 Å². The average molecular weight is 359 g/mol. The highest BCUT2D eigenvalue weighted by Gasteiger charge is 2.20. The molecule has 9 heteroatoms. The van der Waals surface area contributed by atoms with Crippen LogP contribution in [0.15, 0.2) is 28.5 Å². The summed E-state index contributed by atoms with van der Waals surface area (Å²) in [6, 6.07) is 6.38. The van der Waals surface area contributed by atoms with Crippen molar-refractivity contribution in [1.82, 2.24) is 0 Å². The molecule has 0 aliphatic rings. The van der Waals surface area contributed by atoms with E-state index in [1.165, 1.54) is 18.2 Å². The number of anilines is 1. The van der Waals surface area contributed by atoms with Crippen molar-refractivity contribution in [3.8, 4) is 6.07 Å². The van der Waals surface area contributed by atoms with Crippen LogP contribution in [0.2, 0.25) is 0 Å². The molecule has 2 rings (SSSR count). The summed E-state index contributed by atoms with van der Waals surface area (Å²) in [5.41, 5.74) is 0.166. The van der Waals surface area contributed by atoms with Crippen molar-refractivity contribution in [2.24, 2.45) is 0 Å². The molecular weight excluding hydrogens is 351 g/mol. The van der Waals surface area contributed by atoms with Crippen LogP contribution < -0.4 is 5.32 Å². The lowest BCUT2D eigenvalue weighted by atomic mass is 10.2. The van der Waals surface area contributed by atoms with Gasteiger partial charge in [-0.2, -0.15) is 5.26 Å². The summed E-state index contributed by atoms with van der Waals surface area (Å²) in [4.78, 5) is 12.6. The van der Waals surface area contributed by atoms with Gasteiger partial charge in [0.05, 0.1) is 11.1 Å². The van der Waals surface area contributed by atoms with E-state index in [1.54, 1.807) is 13.0 Å². The lowest BCUT2D eigenvalue weighted by Gasteiger charge is -2.05. The quantitative estimate of drug-likeness (QED) is 0.853. The van der Waals surface area contributed by atoms with E-state index in [2.05, 4.69) is 5.32 Å². The second-order valence-corrected chi connectivity index (χ2v) is 8.28. The molecule has 0 aliphatic heterocycles. The molecule has 0 unspecified atom stereocenters. The van der Waals surface area contributed by atoms with Gasteiger partial charge in [-0.05, 0) is 31.2 Å². The Bertz CT molecular complexity index is 900. The number of aryl methyl sites for hydroxylation is 1. The highest BCUT2D eigenvalue weighted by Crippen LogP contribution is 2.29. The van der Waals surface area contributed by atoms with Gasteiger partial charge in [-0.25, -0.2) is 12.8 Å². The zero-order chi connectivity index (χ0) is 16.5. The lowest BCUT2D eigenvalue weighted by molar-refractivity contribution is 0.102. The zero-order valence-corrected chi connectivity index (χ0v) is 13.4. The molecule has 1 aromatic carbocycles. The van der Waals surface area contributed by atoms with Crippen LogP contribution in [0.25, 0.3) is 0 Å². The molecule has 2 aromatic rings. The molecule has 0 aliphatic carbocycles. The molecule has 22 heavy (non-hydrogen) atoms. The van der Waals surface area contributed by atoms with Crippen LogP contribution in [0.1, 0.15) is 20.8 Å². The van der Waals surface area contributed by atoms with E-state index >= 15 is 0 Å². The maximum absolute atomic E-state index is 13.2. The third-order valence-corrected chi connectivity index (χ3v) is 5.85. The van der Waals surface area contributed by atoms with Crippen molar-refractivity contribution in [3.63, 3.8) is 0 Å². The Kier molecular flexibility index (Phi) is 4.51. The number of hydrogen-bond acceptors (Lipinski definition) is 5. The summed E-state index contributed by atoms with van der Waals surface area (Å²) in [5.74, 6) is -1.27. The summed E-state index contributed by atoms with van der Waals surface area (Å²) in [7, 11) is 1.33. The van der Waals surface area contributed by atoms with Crippen LogP contribution in [0.4, 0.5) is 10.1 Å². The smallest absolute Gasteiger partial charge is 0.270 e. The number of carbonyl (C=O) groups is 1. The molecule has 1 heterocycles. The average Bonchev–Trinajstić information content (AvgIpc) is 2.83. The van der Waals surface area contributed by atoms with E-state index in [0.29, 0.717) is 4.88 Å². The molecule has 1 amide bonds. The van der Waals surface area contributed by atoms with Crippen LogP contribution in [0.3, 0.4) is 0 Å². The molecule has 0 spiro atoms. The Morgan fingerprint density at radius 2 is 2.09 bits per heavy atom. The first-order chi connectivity index (χ1) is 10.2. The number of nitrogens with zero attached hydrogens (tertiary/aromatic N) is 1. The predicted molar refractivity (Wildman–Crippen MR) is 81.2 cm³/mol. The Balaban J connectivity index is 2.31. The van der Waals surface area contributed by atoms with Gasteiger partial charge in [-0.15, -0.1) is 11.3 Å². The second kappa shape index (κ2) is 6.04. The minimum absolute atomic E-state index is 0.131. The third kappa shape index (κ3) is 3.44. The lowest BCUT2D eigenvalue weighted by Crippen LogP contribution is -2.12. The first kappa shape index (κ1) is 16.4. The molecule has 1 N–H and O–H groups in total. The number of hydrogen-bond donors (Lipinski definition) is 1. The van der Waals surface area contributed by atoms with E-state index in [1.807, 2.05) is 0 Å². The maximum Gasteiger partial charge on any atom is 0.270 e. The third-order valence-electron chi connectivity index (χ3n) is 2.72. The number of rotatable bonds is 3. The molecule has 0 saturated heterocycles. The minimum Gasteiger partial charge on any atom is -0.322 e. The van der Waals surface area contributed by atoms with Gasteiger partial charge < -0.3 is 5.32 Å². The molecule has 0 saturated carbocycles. The number of halogens is 2. The zero-order valence-electron chi connectivity index (χ0n) is 11.1. The van der Waals surface area contributed by atoms with Crippen molar-refractivity contribution < 1.29 is 17.6 Å². The predicted octanol–water partition coefficient (Wildman–Crippen LogP) is 3.25. The van der Waals surface area contributed by atoms with E-state index in [4.69, 9.17) is 15.9 Å². The molecule has 114 valence electrons. The highest BCUT2D eigenvalue weighted by atomic mass is 35.7. The molecule has 1 aromatic heterocycles. The van der Waals surface area contributed by atoms with E-state index < -0.39 is 20.8 Å². The summed E-state index contributed by atoms with van der Waals surface area (Å²) >= 11 is 0.877. The number of thiophene rings is 1. The van der Waals surface area contributed by atoms with E-state index in [0.717, 1.165) is 17.4 Å². The Hall–Kier alpha value is -1.95. The largest absolute Gasteiger partial charge is 0.322 e. The maximum atomic E-state index is 13.2. The fraction of sp³-hybridized carbons (Fsp3) is 0.0769. The SMILES string of the molecule is Cc1sc(S(=O)(=O)Cl)cc1C(=O)Nc1ccc(F)c(C#N)c1. The number of nitrogens with one attached hydrogen (secondary N) is 1. The molecule has 0 bridgehead atoms. The standard InChI is InChI=1S/C13H8ClFN2O3S2/c1-7-10(5-12(21-7)22(14,19)20)13(18)17-9-2-3-11(15)8(4-9)6-16/h2-5H,1H3,(H,17,18). The normalized spacial score (nSPS) is 11.0.